The van der Waals surface area contributed by atoms with E-state index < -0.39 is 0 Å². The lowest BCUT2D eigenvalue weighted by molar-refractivity contribution is -0.0825. The van der Waals surface area contributed by atoms with Gasteiger partial charge in [0.2, 0.25) is 0 Å². The van der Waals surface area contributed by atoms with E-state index in [1.165, 1.54) is 44.9 Å². The molecule has 0 unspecified atom stereocenters. The van der Waals surface area contributed by atoms with Gasteiger partial charge in [-0.25, -0.2) is 0 Å². The van der Waals surface area contributed by atoms with Crippen LogP contribution in [0, 0.1) is 17.8 Å². The minimum atomic E-state index is 0.142. The van der Waals surface area contributed by atoms with Gasteiger partial charge in [-0.2, -0.15) is 0 Å². The summed E-state index contributed by atoms with van der Waals surface area (Å²) in [7, 11) is 0. The lowest BCUT2D eigenvalue weighted by Gasteiger charge is -2.41. The van der Waals surface area contributed by atoms with Crippen molar-refractivity contribution in [3.8, 4) is 0 Å². The molecule has 0 aromatic carbocycles. The van der Waals surface area contributed by atoms with E-state index >= 15 is 0 Å². The molecule has 0 radical (unpaired) electrons. The molecule has 1 N–H and O–H groups in total. The molecule has 0 saturated heterocycles. The SMILES string of the molecule is CC(C)CCOC1(CNC2CC2)CCC(C(C)C)CC1. The van der Waals surface area contributed by atoms with Crippen LogP contribution in [0.2, 0.25) is 0 Å². The number of ether oxygens (including phenoxy) is 1. The van der Waals surface area contributed by atoms with E-state index in [4.69, 9.17) is 4.74 Å². The molecule has 2 aliphatic carbocycles. The van der Waals surface area contributed by atoms with Crippen molar-refractivity contribution in [1.29, 1.82) is 0 Å². The zero-order chi connectivity index (χ0) is 14.6. The monoisotopic (exact) mass is 281 g/mol. The molecule has 2 fully saturated rings. The number of hydrogen-bond donors (Lipinski definition) is 1. The van der Waals surface area contributed by atoms with E-state index in [2.05, 4.69) is 33.0 Å². The maximum atomic E-state index is 6.43. The lowest BCUT2D eigenvalue weighted by Crippen LogP contribution is -2.47. The van der Waals surface area contributed by atoms with Crippen LogP contribution >= 0.6 is 0 Å². The third-order valence-corrected chi connectivity index (χ3v) is 5.28. The Hall–Kier alpha value is -0.0800. The highest BCUT2D eigenvalue weighted by Crippen LogP contribution is 2.38. The molecule has 0 amide bonds. The number of nitrogens with one attached hydrogen (secondary N) is 1. The molecule has 0 spiro atoms. The molecule has 0 aromatic rings. The van der Waals surface area contributed by atoms with Crippen molar-refractivity contribution in [3.63, 3.8) is 0 Å². The van der Waals surface area contributed by atoms with Gasteiger partial charge in [-0.15, -0.1) is 0 Å². The van der Waals surface area contributed by atoms with E-state index in [1.807, 2.05) is 0 Å². The predicted molar refractivity (Wildman–Crippen MR) is 86.0 cm³/mol. The third-order valence-electron chi connectivity index (χ3n) is 5.28. The normalized spacial score (nSPS) is 31.2. The Morgan fingerprint density at radius 2 is 1.70 bits per heavy atom. The molecule has 0 aliphatic heterocycles. The van der Waals surface area contributed by atoms with Gasteiger partial charge in [-0.1, -0.05) is 27.7 Å². The van der Waals surface area contributed by atoms with Gasteiger partial charge in [0, 0.05) is 19.2 Å². The van der Waals surface area contributed by atoms with Crippen molar-refractivity contribution in [2.75, 3.05) is 13.2 Å². The molecular formula is C18H35NO. The topological polar surface area (TPSA) is 21.3 Å². The first-order valence-electron chi connectivity index (χ1n) is 8.88. The van der Waals surface area contributed by atoms with Gasteiger partial charge < -0.3 is 10.1 Å². The second kappa shape index (κ2) is 7.26. The summed E-state index contributed by atoms with van der Waals surface area (Å²) >= 11 is 0. The highest BCUT2D eigenvalue weighted by Gasteiger charge is 2.38. The van der Waals surface area contributed by atoms with E-state index in [9.17, 15) is 0 Å². The van der Waals surface area contributed by atoms with Crippen LogP contribution in [0.3, 0.4) is 0 Å². The van der Waals surface area contributed by atoms with Gasteiger partial charge in [0.1, 0.15) is 0 Å². The molecular weight excluding hydrogens is 246 g/mol. The second-order valence-electron chi connectivity index (χ2n) is 7.95. The van der Waals surface area contributed by atoms with E-state index in [0.717, 1.165) is 36.9 Å². The van der Waals surface area contributed by atoms with Gasteiger partial charge >= 0.3 is 0 Å². The summed E-state index contributed by atoms with van der Waals surface area (Å²) in [5, 5.41) is 3.72. The van der Waals surface area contributed by atoms with Gasteiger partial charge in [0.05, 0.1) is 5.60 Å². The lowest BCUT2D eigenvalue weighted by atomic mass is 9.74. The summed E-state index contributed by atoms with van der Waals surface area (Å²) in [4.78, 5) is 0. The van der Waals surface area contributed by atoms with Crippen molar-refractivity contribution in [2.24, 2.45) is 17.8 Å². The largest absolute Gasteiger partial charge is 0.374 e. The molecule has 0 aromatic heterocycles. The van der Waals surface area contributed by atoms with Crippen LogP contribution in [-0.4, -0.2) is 24.8 Å². The summed E-state index contributed by atoms with van der Waals surface area (Å²) in [6.07, 6.45) is 9.16. The Bertz CT molecular complexity index is 270. The highest BCUT2D eigenvalue weighted by atomic mass is 16.5. The van der Waals surface area contributed by atoms with Crippen molar-refractivity contribution in [1.82, 2.24) is 5.32 Å². The van der Waals surface area contributed by atoms with Gasteiger partial charge in [-0.05, 0) is 62.7 Å². The average molecular weight is 281 g/mol. The van der Waals surface area contributed by atoms with Crippen molar-refractivity contribution < 1.29 is 4.74 Å². The molecule has 0 bridgehead atoms. The fraction of sp³-hybridized carbons (Fsp3) is 1.00. The zero-order valence-electron chi connectivity index (χ0n) is 14.1. The summed E-state index contributed by atoms with van der Waals surface area (Å²) in [5.74, 6) is 2.49. The molecule has 118 valence electrons. The summed E-state index contributed by atoms with van der Waals surface area (Å²) in [6.45, 7) is 11.3. The predicted octanol–water partition coefficient (Wildman–Crippen LogP) is 4.39. The fourth-order valence-corrected chi connectivity index (χ4v) is 3.33. The average Bonchev–Trinajstić information content (AvgIpc) is 3.21. The Kier molecular flexibility index (Phi) is 5.92. The smallest absolute Gasteiger partial charge is 0.0806 e. The second-order valence-corrected chi connectivity index (χ2v) is 7.95. The number of hydrogen-bond acceptors (Lipinski definition) is 2. The van der Waals surface area contributed by atoms with Crippen LogP contribution in [-0.2, 0) is 4.74 Å². The first-order valence-corrected chi connectivity index (χ1v) is 8.88. The first kappa shape index (κ1) is 16.3. The van der Waals surface area contributed by atoms with Crippen LogP contribution in [0.1, 0.15) is 72.6 Å². The van der Waals surface area contributed by atoms with Gasteiger partial charge in [0.25, 0.3) is 0 Å². The van der Waals surface area contributed by atoms with Gasteiger partial charge in [-0.3, -0.25) is 0 Å². The fourth-order valence-electron chi connectivity index (χ4n) is 3.33. The summed E-state index contributed by atoms with van der Waals surface area (Å²) < 4.78 is 6.43. The Morgan fingerprint density at radius 1 is 1.05 bits per heavy atom. The molecule has 0 atom stereocenters. The summed E-state index contributed by atoms with van der Waals surface area (Å²) in [5.41, 5.74) is 0.142. The molecule has 20 heavy (non-hydrogen) atoms. The Morgan fingerprint density at radius 3 is 2.20 bits per heavy atom. The minimum Gasteiger partial charge on any atom is -0.374 e. The van der Waals surface area contributed by atoms with Crippen LogP contribution in [0.25, 0.3) is 0 Å². The molecule has 2 nitrogen and oxygen atoms in total. The Labute approximate surface area is 126 Å². The van der Waals surface area contributed by atoms with Crippen LogP contribution in [0.4, 0.5) is 0 Å². The van der Waals surface area contributed by atoms with Crippen LogP contribution in [0.15, 0.2) is 0 Å². The van der Waals surface area contributed by atoms with E-state index in [-0.39, 0.29) is 5.60 Å². The highest BCUT2D eigenvalue weighted by molar-refractivity contribution is 4.93. The van der Waals surface area contributed by atoms with E-state index in [0.29, 0.717) is 0 Å². The molecule has 2 saturated carbocycles. The standard InChI is InChI=1S/C18H35NO/c1-14(2)9-12-20-18(13-19-17-5-6-17)10-7-16(8-11-18)15(3)4/h14-17,19H,5-13H2,1-4H3. The van der Waals surface area contributed by atoms with E-state index in [1.54, 1.807) is 0 Å². The number of rotatable bonds is 8. The third kappa shape index (κ3) is 5.04. The van der Waals surface area contributed by atoms with Crippen LogP contribution in [0.5, 0.6) is 0 Å². The molecule has 2 heteroatoms. The molecule has 2 rings (SSSR count). The first-order chi connectivity index (χ1) is 9.51. The minimum absolute atomic E-state index is 0.142. The zero-order valence-corrected chi connectivity index (χ0v) is 14.1. The molecule has 0 heterocycles. The summed E-state index contributed by atoms with van der Waals surface area (Å²) in [6, 6.07) is 0.795. The van der Waals surface area contributed by atoms with Gasteiger partial charge in [0.15, 0.2) is 0 Å². The Balaban J connectivity index is 1.83. The maximum Gasteiger partial charge on any atom is 0.0806 e. The van der Waals surface area contributed by atoms with Crippen molar-refractivity contribution in [2.45, 2.75) is 84.3 Å². The maximum absolute atomic E-state index is 6.43. The quantitative estimate of drug-likeness (QED) is 0.712. The van der Waals surface area contributed by atoms with Crippen LogP contribution < -0.4 is 5.32 Å². The van der Waals surface area contributed by atoms with Crippen molar-refractivity contribution in [3.05, 3.63) is 0 Å². The molecule has 2 aliphatic rings. The van der Waals surface area contributed by atoms with Crippen molar-refractivity contribution >= 4 is 0 Å².